The highest BCUT2D eigenvalue weighted by Gasteiger charge is 2.11. The molecule has 106 valence electrons. The van der Waals surface area contributed by atoms with Crippen molar-refractivity contribution in [1.29, 1.82) is 0 Å². The van der Waals surface area contributed by atoms with Gasteiger partial charge in [0.2, 0.25) is 0 Å². The summed E-state index contributed by atoms with van der Waals surface area (Å²) in [5.74, 6) is -0.356. The van der Waals surface area contributed by atoms with Crippen molar-refractivity contribution < 1.29 is 9.50 Å². The Balaban J connectivity index is 1.85. The van der Waals surface area contributed by atoms with Gasteiger partial charge in [-0.25, -0.2) is 4.39 Å². The Bertz CT molecular complexity index is 785. The Morgan fingerprint density at radius 1 is 0.952 bits per heavy atom. The largest absolute Gasteiger partial charge is 0.388 e. The zero-order valence-electron chi connectivity index (χ0n) is 11.3. The molecule has 0 saturated heterocycles. The molecular weight excluding hydrogens is 331 g/mol. The molecule has 0 saturated carbocycles. The van der Waals surface area contributed by atoms with Gasteiger partial charge in [0.05, 0.1) is 10.6 Å². The van der Waals surface area contributed by atoms with Crippen LogP contribution in [0, 0.1) is 5.82 Å². The number of fused-ring (bicyclic) bond motifs is 1. The molecule has 3 rings (SSSR count). The first-order valence-corrected chi connectivity index (χ1v) is 7.53. The predicted molar refractivity (Wildman–Crippen MR) is 86.7 cm³/mol. The highest BCUT2D eigenvalue weighted by molar-refractivity contribution is 9.10. The van der Waals surface area contributed by atoms with E-state index >= 15 is 0 Å². The van der Waals surface area contributed by atoms with E-state index in [9.17, 15) is 9.50 Å². The molecule has 21 heavy (non-hydrogen) atoms. The molecule has 1 nitrogen and oxygen atoms in total. The van der Waals surface area contributed by atoms with Crippen LogP contribution < -0.4 is 0 Å². The molecular formula is C18H14BrFO. The van der Waals surface area contributed by atoms with E-state index in [1.807, 2.05) is 30.3 Å². The molecule has 3 aromatic rings. The Kier molecular flexibility index (Phi) is 4.04. The van der Waals surface area contributed by atoms with Gasteiger partial charge < -0.3 is 5.11 Å². The molecule has 1 atom stereocenters. The van der Waals surface area contributed by atoms with E-state index in [1.54, 1.807) is 12.1 Å². The quantitative estimate of drug-likeness (QED) is 0.707. The van der Waals surface area contributed by atoms with Crippen molar-refractivity contribution in [2.45, 2.75) is 12.5 Å². The van der Waals surface area contributed by atoms with Crippen LogP contribution >= 0.6 is 15.9 Å². The molecule has 3 heteroatoms. The van der Waals surface area contributed by atoms with E-state index in [2.05, 4.69) is 28.1 Å². The molecule has 0 aromatic heterocycles. The molecule has 0 amide bonds. The van der Waals surface area contributed by atoms with Gasteiger partial charge in [0.1, 0.15) is 5.82 Å². The molecule has 1 unspecified atom stereocenters. The lowest BCUT2D eigenvalue weighted by atomic mass is 9.99. The van der Waals surface area contributed by atoms with Gasteiger partial charge >= 0.3 is 0 Å². The highest BCUT2D eigenvalue weighted by Crippen LogP contribution is 2.24. The van der Waals surface area contributed by atoms with Crippen molar-refractivity contribution in [2.75, 3.05) is 0 Å². The fourth-order valence-electron chi connectivity index (χ4n) is 2.43. The number of rotatable bonds is 3. The zero-order valence-corrected chi connectivity index (χ0v) is 12.8. The Hall–Kier alpha value is -1.71. The number of aliphatic hydroxyl groups excluding tert-OH is 1. The second-order valence-corrected chi connectivity index (χ2v) is 5.93. The standard InChI is InChI=1S/C18H14BrFO/c19-16-8-7-15(11-17(16)20)18(21)10-12-5-6-13-3-1-2-4-14(13)9-12/h1-9,11,18,21H,10H2. The molecule has 0 fully saturated rings. The molecule has 3 aromatic carbocycles. The lowest BCUT2D eigenvalue weighted by Gasteiger charge is -2.12. The van der Waals surface area contributed by atoms with Crippen LogP contribution in [0.2, 0.25) is 0 Å². The summed E-state index contributed by atoms with van der Waals surface area (Å²) in [7, 11) is 0. The van der Waals surface area contributed by atoms with Gasteiger partial charge in [-0.15, -0.1) is 0 Å². The second-order valence-electron chi connectivity index (χ2n) is 5.07. The summed E-state index contributed by atoms with van der Waals surface area (Å²) in [4.78, 5) is 0. The van der Waals surface area contributed by atoms with Crippen molar-refractivity contribution in [1.82, 2.24) is 0 Å². The minimum atomic E-state index is -0.714. The van der Waals surface area contributed by atoms with E-state index in [-0.39, 0.29) is 5.82 Å². The van der Waals surface area contributed by atoms with Gasteiger partial charge in [-0.3, -0.25) is 0 Å². The van der Waals surface area contributed by atoms with E-state index in [1.165, 1.54) is 11.5 Å². The minimum absolute atomic E-state index is 0.356. The SMILES string of the molecule is OC(Cc1ccc2ccccc2c1)c1ccc(Br)c(F)c1. The van der Waals surface area contributed by atoms with Gasteiger partial charge in [-0.05, 0) is 50.0 Å². The van der Waals surface area contributed by atoms with Gasteiger partial charge in [0.15, 0.2) is 0 Å². The zero-order chi connectivity index (χ0) is 14.8. The normalized spacial score (nSPS) is 12.5. The fourth-order valence-corrected chi connectivity index (χ4v) is 2.67. The van der Waals surface area contributed by atoms with Gasteiger partial charge in [0.25, 0.3) is 0 Å². The molecule has 0 radical (unpaired) electrons. The highest BCUT2D eigenvalue weighted by atomic mass is 79.9. The van der Waals surface area contributed by atoms with E-state index < -0.39 is 6.10 Å². The lowest BCUT2D eigenvalue weighted by molar-refractivity contribution is 0.178. The van der Waals surface area contributed by atoms with Crippen LogP contribution in [0.15, 0.2) is 65.1 Å². The smallest absolute Gasteiger partial charge is 0.137 e. The summed E-state index contributed by atoms with van der Waals surface area (Å²) >= 11 is 3.12. The topological polar surface area (TPSA) is 20.2 Å². The van der Waals surface area contributed by atoms with E-state index in [4.69, 9.17) is 0 Å². The first-order valence-electron chi connectivity index (χ1n) is 6.74. The number of hydrogen-bond acceptors (Lipinski definition) is 1. The maximum absolute atomic E-state index is 13.5. The Morgan fingerprint density at radius 2 is 1.71 bits per heavy atom. The number of aliphatic hydroxyl groups is 1. The molecule has 0 spiro atoms. The first kappa shape index (κ1) is 14.2. The van der Waals surface area contributed by atoms with Crippen LogP contribution in [0.25, 0.3) is 10.8 Å². The summed E-state index contributed by atoms with van der Waals surface area (Å²) < 4.78 is 13.9. The van der Waals surface area contributed by atoms with Crippen molar-refractivity contribution in [3.63, 3.8) is 0 Å². The van der Waals surface area contributed by atoms with Crippen LogP contribution in [0.1, 0.15) is 17.2 Å². The molecule has 1 N–H and O–H groups in total. The lowest BCUT2D eigenvalue weighted by Crippen LogP contribution is -2.02. The third-order valence-electron chi connectivity index (χ3n) is 3.57. The van der Waals surface area contributed by atoms with Crippen LogP contribution in [0.5, 0.6) is 0 Å². The van der Waals surface area contributed by atoms with Gasteiger partial charge in [-0.2, -0.15) is 0 Å². The van der Waals surface area contributed by atoms with Gasteiger partial charge in [0, 0.05) is 6.42 Å². The van der Waals surface area contributed by atoms with Crippen molar-refractivity contribution >= 4 is 26.7 Å². The third-order valence-corrected chi connectivity index (χ3v) is 4.21. The number of hydrogen-bond donors (Lipinski definition) is 1. The second kappa shape index (κ2) is 5.96. The summed E-state index contributed by atoms with van der Waals surface area (Å²) in [6.45, 7) is 0. The van der Waals surface area contributed by atoms with E-state index in [0.717, 1.165) is 10.9 Å². The van der Waals surface area contributed by atoms with Crippen molar-refractivity contribution in [2.24, 2.45) is 0 Å². The summed E-state index contributed by atoms with van der Waals surface area (Å²) in [5.41, 5.74) is 1.62. The summed E-state index contributed by atoms with van der Waals surface area (Å²) in [6, 6.07) is 18.9. The summed E-state index contributed by atoms with van der Waals surface area (Å²) in [6.07, 6.45) is -0.250. The van der Waals surface area contributed by atoms with Crippen molar-refractivity contribution in [3.8, 4) is 0 Å². The fraction of sp³-hybridized carbons (Fsp3) is 0.111. The maximum atomic E-state index is 13.5. The predicted octanol–water partition coefficient (Wildman–Crippen LogP) is 5.02. The molecule has 0 aliphatic rings. The van der Waals surface area contributed by atoms with Crippen LogP contribution in [0.4, 0.5) is 4.39 Å². The molecule has 0 aliphatic heterocycles. The van der Waals surface area contributed by atoms with Gasteiger partial charge in [-0.1, -0.05) is 48.5 Å². The molecule has 0 bridgehead atoms. The minimum Gasteiger partial charge on any atom is -0.388 e. The molecule has 0 heterocycles. The van der Waals surface area contributed by atoms with Crippen molar-refractivity contribution in [3.05, 3.63) is 82.1 Å². The monoisotopic (exact) mass is 344 g/mol. The van der Waals surface area contributed by atoms with Crippen LogP contribution in [-0.2, 0) is 6.42 Å². The van der Waals surface area contributed by atoms with Crippen LogP contribution in [0.3, 0.4) is 0 Å². The van der Waals surface area contributed by atoms with E-state index in [0.29, 0.717) is 16.5 Å². The maximum Gasteiger partial charge on any atom is 0.137 e. The summed E-state index contributed by atoms with van der Waals surface area (Å²) in [5, 5.41) is 12.6. The first-order chi connectivity index (χ1) is 10.1. The number of halogens is 2. The number of benzene rings is 3. The average Bonchev–Trinajstić information content (AvgIpc) is 2.50. The van der Waals surface area contributed by atoms with Crippen LogP contribution in [-0.4, -0.2) is 5.11 Å². The Labute approximate surface area is 131 Å². The molecule has 0 aliphatic carbocycles. The third kappa shape index (κ3) is 3.14. The average molecular weight is 345 g/mol. The Morgan fingerprint density at radius 3 is 2.48 bits per heavy atom.